The Morgan fingerprint density at radius 2 is 0.750 bits per heavy atom. The van der Waals surface area contributed by atoms with Crippen molar-refractivity contribution in [3.63, 3.8) is 0 Å². The molecule has 0 atom stereocenters. The average molecular weight is 875 g/mol. The third kappa shape index (κ3) is 13.2. The molecule has 12 heteroatoms. The van der Waals surface area contributed by atoms with Gasteiger partial charge in [-0.2, -0.15) is 0 Å². The van der Waals surface area contributed by atoms with Gasteiger partial charge in [-0.3, -0.25) is 0 Å². The first-order valence-electron chi connectivity index (χ1n) is 21.0. The van der Waals surface area contributed by atoms with Crippen LogP contribution >= 0.6 is 0 Å². The van der Waals surface area contributed by atoms with Gasteiger partial charge in [0.1, 0.15) is 75.9 Å². The van der Waals surface area contributed by atoms with Gasteiger partial charge in [0.05, 0.1) is 0 Å². The van der Waals surface area contributed by atoms with Crippen molar-refractivity contribution in [3.8, 4) is 23.0 Å². The molecule has 4 aromatic rings. The van der Waals surface area contributed by atoms with E-state index in [9.17, 15) is 19.2 Å². The Balaban J connectivity index is 1.83. The second kappa shape index (κ2) is 24.5. The molecule has 0 saturated heterocycles. The van der Waals surface area contributed by atoms with Crippen molar-refractivity contribution in [2.45, 2.75) is 51.4 Å². The molecular formula is C52H58O12. The van der Waals surface area contributed by atoms with Gasteiger partial charge in [-0.1, -0.05) is 95.1 Å². The molecule has 0 fully saturated rings. The summed E-state index contributed by atoms with van der Waals surface area (Å²) in [5.41, 5.74) is 2.97. The van der Waals surface area contributed by atoms with Crippen LogP contribution in [0.25, 0.3) is 0 Å². The maximum absolute atomic E-state index is 11.9. The van der Waals surface area contributed by atoms with E-state index in [0.29, 0.717) is 40.6 Å². The summed E-state index contributed by atoms with van der Waals surface area (Å²) in [6, 6.07) is 31.7. The molecule has 0 amide bonds. The van der Waals surface area contributed by atoms with E-state index in [1.165, 1.54) is 0 Å². The monoisotopic (exact) mass is 874 g/mol. The molecular weight excluding hydrogens is 817 g/mol. The van der Waals surface area contributed by atoms with Crippen LogP contribution in [0.15, 0.2) is 147 Å². The summed E-state index contributed by atoms with van der Waals surface area (Å²) >= 11 is 0. The molecule has 0 saturated carbocycles. The Morgan fingerprint density at radius 1 is 0.469 bits per heavy atom. The summed E-state index contributed by atoms with van der Waals surface area (Å²) in [7, 11) is 0. The highest BCUT2D eigenvalue weighted by Gasteiger charge is 2.52. The molecule has 0 aromatic heterocycles. The van der Waals surface area contributed by atoms with Crippen molar-refractivity contribution in [3.05, 3.63) is 169 Å². The highest BCUT2D eigenvalue weighted by atomic mass is 16.6. The number of hydrogen-bond donors (Lipinski definition) is 0. The molecule has 12 nitrogen and oxygen atoms in total. The maximum atomic E-state index is 11.9. The Morgan fingerprint density at radius 3 is 1.02 bits per heavy atom. The average Bonchev–Trinajstić information content (AvgIpc) is 3.31. The summed E-state index contributed by atoms with van der Waals surface area (Å²) in [6.45, 7) is 22.5. The first-order chi connectivity index (χ1) is 30.8. The number of benzene rings is 4. The first-order valence-corrected chi connectivity index (χ1v) is 21.0. The molecule has 0 N–H and O–H groups in total. The van der Waals surface area contributed by atoms with Crippen molar-refractivity contribution >= 4 is 23.9 Å². The van der Waals surface area contributed by atoms with Gasteiger partial charge in [-0.15, -0.1) is 0 Å². The van der Waals surface area contributed by atoms with Gasteiger partial charge < -0.3 is 37.9 Å². The van der Waals surface area contributed by atoms with E-state index < -0.39 is 34.7 Å². The Bertz CT molecular complexity index is 2060. The Kier molecular flexibility index (Phi) is 19.0. The number of carbonyl (C=O) groups is 4. The second-order valence-electron chi connectivity index (χ2n) is 14.8. The molecule has 64 heavy (non-hydrogen) atoms. The predicted molar refractivity (Wildman–Crippen MR) is 244 cm³/mol. The van der Waals surface area contributed by atoms with Gasteiger partial charge in [0.15, 0.2) is 0 Å². The lowest BCUT2D eigenvalue weighted by atomic mass is 9.51. The minimum atomic E-state index is -0.808. The maximum Gasteiger partial charge on any atom is 0.333 e. The summed E-state index contributed by atoms with van der Waals surface area (Å²) in [4.78, 5) is 47.0. The highest BCUT2D eigenvalue weighted by Crippen LogP contribution is 2.56. The van der Waals surface area contributed by atoms with Gasteiger partial charge in [0, 0.05) is 34.1 Å². The fourth-order valence-corrected chi connectivity index (χ4v) is 7.31. The van der Waals surface area contributed by atoms with E-state index >= 15 is 0 Å². The quantitative estimate of drug-likeness (QED) is 0.0244. The van der Waals surface area contributed by atoms with Crippen molar-refractivity contribution in [2.24, 2.45) is 0 Å². The van der Waals surface area contributed by atoms with Crippen LogP contribution in [0.3, 0.4) is 0 Å². The largest absolute Gasteiger partial charge is 0.490 e. The number of hydrogen-bond acceptors (Lipinski definition) is 12. The zero-order valence-corrected chi connectivity index (χ0v) is 37.2. The van der Waals surface area contributed by atoms with Crippen LogP contribution in [-0.2, 0) is 49.0 Å². The minimum absolute atomic E-state index is 0.0632. The Hall–Kier alpha value is -7.08. The zero-order valence-electron chi connectivity index (χ0n) is 37.2. The van der Waals surface area contributed by atoms with Crippen molar-refractivity contribution in [1.29, 1.82) is 0 Å². The van der Waals surface area contributed by atoms with Gasteiger partial charge in [0.25, 0.3) is 0 Å². The molecule has 0 heterocycles. The third-order valence-electron chi connectivity index (χ3n) is 10.4. The number of esters is 4. The minimum Gasteiger partial charge on any atom is -0.490 e. The van der Waals surface area contributed by atoms with E-state index in [1.807, 2.05) is 72.8 Å². The molecule has 0 radical (unpaired) electrons. The highest BCUT2D eigenvalue weighted by molar-refractivity contribution is 5.87. The molecule has 0 bridgehead atoms. The molecule has 4 aromatic carbocycles. The zero-order chi connectivity index (χ0) is 46.5. The lowest BCUT2D eigenvalue weighted by Crippen LogP contribution is -2.49. The fourth-order valence-electron chi connectivity index (χ4n) is 7.31. The fraction of sp³-hybridized carbons (Fsp3) is 0.308. The van der Waals surface area contributed by atoms with Gasteiger partial charge in [-0.05, 0) is 91.1 Å². The topological polar surface area (TPSA) is 142 Å². The van der Waals surface area contributed by atoms with Crippen LogP contribution in [0, 0.1) is 0 Å². The lowest BCUT2D eigenvalue weighted by Gasteiger charge is -2.51. The predicted octanol–water partition coefficient (Wildman–Crippen LogP) is 8.99. The molecule has 0 spiro atoms. The van der Waals surface area contributed by atoms with Crippen LogP contribution in [0.1, 0.15) is 62.8 Å². The van der Waals surface area contributed by atoms with E-state index in [-0.39, 0.29) is 52.9 Å². The van der Waals surface area contributed by atoms with Crippen LogP contribution in [0.2, 0.25) is 0 Å². The summed E-state index contributed by atoms with van der Waals surface area (Å²) in [5.74, 6) is 0.365. The van der Waals surface area contributed by atoms with Crippen LogP contribution in [-0.4, -0.2) is 76.7 Å². The van der Waals surface area contributed by atoms with Crippen molar-refractivity contribution in [2.75, 3.05) is 52.9 Å². The van der Waals surface area contributed by atoms with E-state index in [1.54, 1.807) is 13.8 Å². The normalized spacial score (nSPS) is 11.0. The van der Waals surface area contributed by atoms with E-state index in [0.717, 1.165) is 40.8 Å². The molecule has 0 aliphatic carbocycles. The van der Waals surface area contributed by atoms with E-state index in [2.05, 4.69) is 64.4 Å². The number of rotatable bonds is 27. The summed E-state index contributed by atoms with van der Waals surface area (Å²) < 4.78 is 44.6. The van der Waals surface area contributed by atoms with Gasteiger partial charge in [0.2, 0.25) is 0 Å². The first kappa shape index (κ1) is 49.6. The molecule has 0 unspecified atom stereocenters. The Labute approximate surface area is 376 Å². The lowest BCUT2D eigenvalue weighted by molar-refractivity contribution is -0.140. The van der Waals surface area contributed by atoms with Crippen LogP contribution in [0.4, 0.5) is 0 Å². The van der Waals surface area contributed by atoms with Gasteiger partial charge >= 0.3 is 23.9 Å². The molecule has 0 aliphatic rings. The van der Waals surface area contributed by atoms with E-state index in [4.69, 9.17) is 37.9 Å². The SMILES string of the molecule is C=CC(=O)OCCOc1ccc(C(C)(c2ccc(OCCOC(=O)C=C)cc2)C(CCC)(c2ccc(OCCOC(=O)C(=C)C)cc2)c2ccc(OCCOC(=O)C(=C)C)cc2)cc1. The number of carbonyl (C=O) groups excluding carboxylic acids is 4. The smallest absolute Gasteiger partial charge is 0.333 e. The summed E-state index contributed by atoms with van der Waals surface area (Å²) in [6.07, 6.45) is 3.67. The van der Waals surface area contributed by atoms with Crippen molar-refractivity contribution in [1.82, 2.24) is 0 Å². The van der Waals surface area contributed by atoms with Crippen LogP contribution in [0.5, 0.6) is 23.0 Å². The third-order valence-corrected chi connectivity index (χ3v) is 10.4. The van der Waals surface area contributed by atoms with Crippen molar-refractivity contribution < 1.29 is 57.1 Å². The second-order valence-corrected chi connectivity index (χ2v) is 14.8. The number of ether oxygens (including phenoxy) is 8. The summed E-state index contributed by atoms with van der Waals surface area (Å²) in [5, 5.41) is 0. The van der Waals surface area contributed by atoms with Crippen LogP contribution < -0.4 is 18.9 Å². The molecule has 4 rings (SSSR count). The van der Waals surface area contributed by atoms with Gasteiger partial charge in [-0.25, -0.2) is 19.2 Å². The molecule has 338 valence electrons. The standard InChI is InChI=1S/C52H58O12/c1-9-28-52(41-16-24-45(25-17-41)59-31-35-63-49(55)37(4)5,42-18-26-46(27-19-42)60-32-36-64-50(56)38(6)7)51(8,39-12-20-43(21-13-39)57-29-33-61-47(53)10-2)40-14-22-44(23-15-40)58-30-34-62-48(54)11-3/h10-27H,2-4,6,9,28-36H2,1,5,7-8H3. The molecule has 0 aliphatic heterocycles.